The lowest BCUT2D eigenvalue weighted by atomic mass is 10.1. The van der Waals surface area contributed by atoms with Crippen LogP contribution in [-0.2, 0) is 4.79 Å². The molecule has 2 aromatic rings. The predicted octanol–water partition coefficient (Wildman–Crippen LogP) is 5.01. The smallest absolute Gasteiger partial charge is 0.182 e. The maximum Gasteiger partial charge on any atom is 0.182 e. The maximum atomic E-state index is 12.0. The molecule has 0 saturated heterocycles. The van der Waals surface area contributed by atoms with E-state index in [0.29, 0.717) is 23.0 Å². The van der Waals surface area contributed by atoms with Gasteiger partial charge < -0.3 is 24.1 Å². The van der Waals surface area contributed by atoms with Gasteiger partial charge in [-0.1, -0.05) is 36.4 Å². The van der Waals surface area contributed by atoms with Crippen LogP contribution in [0.5, 0.6) is 23.0 Å². The van der Waals surface area contributed by atoms with Gasteiger partial charge in [0.1, 0.15) is 5.76 Å². The third-order valence-electron chi connectivity index (χ3n) is 4.21. The van der Waals surface area contributed by atoms with Crippen LogP contribution in [0.1, 0.15) is 11.1 Å². The molecular formula is C25H26O6. The average Bonchev–Trinajstić information content (AvgIpc) is 2.79. The largest absolute Gasteiger partial charge is 0.508 e. The molecule has 0 heterocycles. The fourth-order valence-corrected chi connectivity index (χ4v) is 2.65. The van der Waals surface area contributed by atoms with Crippen molar-refractivity contribution in [2.45, 2.75) is 0 Å². The number of ether oxygens (including phenoxy) is 4. The Morgan fingerprint density at radius 3 is 1.74 bits per heavy atom. The number of hydrogen-bond donors (Lipinski definition) is 1. The van der Waals surface area contributed by atoms with Crippen LogP contribution < -0.4 is 18.9 Å². The number of carbonyl (C=O) groups excluding carboxylic acids is 1. The molecule has 31 heavy (non-hydrogen) atoms. The van der Waals surface area contributed by atoms with Crippen molar-refractivity contribution in [1.82, 2.24) is 0 Å². The summed E-state index contributed by atoms with van der Waals surface area (Å²) < 4.78 is 20.9. The molecule has 0 saturated carbocycles. The van der Waals surface area contributed by atoms with Gasteiger partial charge in [0.2, 0.25) is 0 Å². The van der Waals surface area contributed by atoms with Crippen molar-refractivity contribution < 1.29 is 28.8 Å². The molecule has 6 nitrogen and oxygen atoms in total. The second-order valence-corrected chi connectivity index (χ2v) is 6.25. The number of benzene rings is 2. The van der Waals surface area contributed by atoms with E-state index in [1.807, 2.05) is 24.3 Å². The molecule has 0 aliphatic rings. The van der Waals surface area contributed by atoms with E-state index in [4.69, 9.17) is 18.9 Å². The third-order valence-corrected chi connectivity index (χ3v) is 4.21. The Kier molecular flexibility index (Phi) is 8.98. The van der Waals surface area contributed by atoms with Crippen molar-refractivity contribution in [3.63, 3.8) is 0 Å². The fraction of sp³-hybridized carbons (Fsp3) is 0.160. The van der Waals surface area contributed by atoms with Crippen molar-refractivity contribution in [1.29, 1.82) is 0 Å². The van der Waals surface area contributed by atoms with E-state index in [-0.39, 0.29) is 11.5 Å². The zero-order valence-corrected chi connectivity index (χ0v) is 18.0. The molecule has 162 valence electrons. The Morgan fingerprint density at radius 1 is 0.710 bits per heavy atom. The molecule has 0 radical (unpaired) electrons. The first-order valence-electron chi connectivity index (χ1n) is 9.42. The number of methoxy groups -OCH3 is 4. The van der Waals surface area contributed by atoms with Crippen LogP contribution in [0.2, 0.25) is 0 Å². The van der Waals surface area contributed by atoms with Crippen LogP contribution in [0.15, 0.2) is 72.5 Å². The molecule has 6 heteroatoms. The van der Waals surface area contributed by atoms with E-state index in [2.05, 4.69) is 0 Å². The van der Waals surface area contributed by atoms with Gasteiger partial charge in [-0.05, 0) is 47.5 Å². The summed E-state index contributed by atoms with van der Waals surface area (Å²) in [7, 11) is 6.26. The topological polar surface area (TPSA) is 74.2 Å². The van der Waals surface area contributed by atoms with Crippen molar-refractivity contribution in [2.24, 2.45) is 0 Å². The SMILES string of the molecule is COc1ccc(/C=C/C=C/C(=O)C=C(O)/C=C/c2ccc(OC)c(OC)c2)cc1OC. The minimum atomic E-state index is -0.341. The fourth-order valence-electron chi connectivity index (χ4n) is 2.65. The molecule has 1 N–H and O–H groups in total. The Bertz CT molecular complexity index is 1010. The highest BCUT2D eigenvalue weighted by atomic mass is 16.5. The number of ketones is 1. The van der Waals surface area contributed by atoms with Crippen LogP contribution in [0, 0.1) is 0 Å². The zero-order valence-electron chi connectivity index (χ0n) is 18.0. The van der Waals surface area contributed by atoms with Crippen molar-refractivity contribution >= 4 is 17.9 Å². The van der Waals surface area contributed by atoms with E-state index in [1.54, 1.807) is 64.9 Å². The summed E-state index contributed by atoms with van der Waals surface area (Å²) in [5, 5.41) is 9.97. The van der Waals surface area contributed by atoms with E-state index < -0.39 is 0 Å². The van der Waals surface area contributed by atoms with Gasteiger partial charge in [-0.15, -0.1) is 0 Å². The Balaban J connectivity index is 1.98. The number of hydrogen-bond acceptors (Lipinski definition) is 6. The Hall–Kier alpha value is -3.93. The minimum absolute atomic E-state index is 0.159. The van der Waals surface area contributed by atoms with E-state index >= 15 is 0 Å². The first-order valence-corrected chi connectivity index (χ1v) is 9.42. The number of aliphatic hydroxyl groups excluding tert-OH is 1. The molecular weight excluding hydrogens is 396 g/mol. The Labute approximate surface area is 182 Å². The third kappa shape index (κ3) is 7.12. The van der Waals surface area contributed by atoms with Crippen molar-refractivity contribution in [3.8, 4) is 23.0 Å². The molecule has 2 rings (SSSR count). The summed E-state index contributed by atoms with van der Waals surface area (Å²) in [5.74, 6) is 1.96. The molecule has 0 atom stereocenters. The van der Waals surface area contributed by atoms with E-state index in [9.17, 15) is 9.90 Å². The molecule has 0 amide bonds. The monoisotopic (exact) mass is 422 g/mol. The second-order valence-electron chi connectivity index (χ2n) is 6.25. The molecule has 0 aliphatic carbocycles. The van der Waals surface area contributed by atoms with Gasteiger partial charge >= 0.3 is 0 Å². The van der Waals surface area contributed by atoms with Gasteiger partial charge in [0.25, 0.3) is 0 Å². The summed E-state index contributed by atoms with van der Waals surface area (Å²) in [6.45, 7) is 0. The lowest BCUT2D eigenvalue weighted by Gasteiger charge is -2.07. The molecule has 0 unspecified atom stereocenters. The summed E-state index contributed by atoms with van der Waals surface area (Å²) in [6, 6.07) is 10.8. The van der Waals surface area contributed by atoms with Gasteiger partial charge in [0, 0.05) is 6.08 Å². The first kappa shape index (κ1) is 23.3. The zero-order chi connectivity index (χ0) is 22.6. The highest BCUT2D eigenvalue weighted by Gasteiger charge is 2.03. The standard InChI is InChI=1S/C25H26O6/c1-28-22-13-10-18(15-24(22)30-3)7-5-6-8-20(26)17-21(27)12-9-19-11-14-23(29-2)25(16-19)31-4/h5-17,27H,1-4H3/b7-5+,8-6+,12-9+,21-17?. The average molecular weight is 422 g/mol. The van der Waals surface area contributed by atoms with Crippen LogP contribution in [-0.4, -0.2) is 39.3 Å². The number of allylic oxidation sites excluding steroid dienone is 5. The first-order chi connectivity index (χ1) is 15.0. The molecule has 2 aromatic carbocycles. The summed E-state index contributed by atoms with van der Waals surface area (Å²) in [6.07, 6.45) is 10.8. The predicted molar refractivity (Wildman–Crippen MR) is 122 cm³/mol. The number of rotatable bonds is 10. The van der Waals surface area contributed by atoms with Crippen LogP contribution in [0.25, 0.3) is 12.2 Å². The maximum absolute atomic E-state index is 12.0. The second kappa shape index (κ2) is 11.9. The van der Waals surface area contributed by atoms with Gasteiger partial charge in [0.05, 0.1) is 28.4 Å². The molecule has 0 aliphatic heterocycles. The summed E-state index contributed by atoms with van der Waals surface area (Å²) in [4.78, 5) is 12.0. The molecule has 0 bridgehead atoms. The lowest BCUT2D eigenvalue weighted by molar-refractivity contribution is -0.110. The molecule has 0 aromatic heterocycles. The van der Waals surface area contributed by atoms with Crippen LogP contribution in [0.3, 0.4) is 0 Å². The number of aliphatic hydroxyl groups is 1. The van der Waals surface area contributed by atoms with E-state index in [0.717, 1.165) is 17.2 Å². The highest BCUT2D eigenvalue weighted by molar-refractivity contribution is 6.00. The van der Waals surface area contributed by atoms with Gasteiger partial charge in [-0.25, -0.2) is 0 Å². The number of carbonyl (C=O) groups is 1. The lowest BCUT2D eigenvalue weighted by Crippen LogP contribution is -1.91. The molecule has 0 fully saturated rings. The van der Waals surface area contributed by atoms with Crippen molar-refractivity contribution in [2.75, 3.05) is 28.4 Å². The van der Waals surface area contributed by atoms with E-state index in [1.165, 1.54) is 12.2 Å². The normalized spacial score (nSPS) is 11.9. The van der Waals surface area contributed by atoms with Gasteiger partial charge in [0.15, 0.2) is 28.8 Å². The summed E-state index contributed by atoms with van der Waals surface area (Å²) in [5.41, 5.74) is 1.68. The molecule has 0 spiro atoms. The van der Waals surface area contributed by atoms with Crippen LogP contribution in [0.4, 0.5) is 0 Å². The van der Waals surface area contributed by atoms with Crippen molar-refractivity contribution in [3.05, 3.63) is 83.7 Å². The summed E-state index contributed by atoms with van der Waals surface area (Å²) >= 11 is 0. The Morgan fingerprint density at radius 2 is 1.23 bits per heavy atom. The van der Waals surface area contributed by atoms with Crippen LogP contribution >= 0.6 is 0 Å². The highest BCUT2D eigenvalue weighted by Crippen LogP contribution is 2.28. The quantitative estimate of drug-likeness (QED) is 0.329. The van der Waals surface area contributed by atoms with Gasteiger partial charge in [-0.3, -0.25) is 4.79 Å². The van der Waals surface area contributed by atoms with Gasteiger partial charge in [-0.2, -0.15) is 0 Å². The minimum Gasteiger partial charge on any atom is -0.508 e.